The molecule has 1 aromatic heterocycles. The molecule has 2 aliphatic rings. The molecule has 3 heterocycles. The van der Waals surface area contributed by atoms with Gasteiger partial charge in [0.2, 0.25) is 5.88 Å². The predicted octanol–water partition coefficient (Wildman–Crippen LogP) is 0.411. The average Bonchev–Trinajstić information content (AvgIpc) is 2.97. The highest BCUT2D eigenvalue weighted by atomic mass is 16.5. The van der Waals surface area contributed by atoms with E-state index in [1.165, 1.54) is 0 Å². The molecule has 2 atom stereocenters. The van der Waals surface area contributed by atoms with Gasteiger partial charge in [-0.2, -0.15) is 0 Å². The molecule has 3 rings (SSSR count). The molecular formula is C15H24N4O3. The molecule has 0 aromatic carbocycles. The number of hydrogen-bond acceptors (Lipinski definition) is 7. The monoisotopic (exact) mass is 308 g/mol. The Bertz CT molecular complexity index is 488. The van der Waals surface area contributed by atoms with Crippen LogP contribution in [0.15, 0.2) is 12.4 Å². The fourth-order valence-corrected chi connectivity index (χ4v) is 3.24. The third-order valence-electron chi connectivity index (χ3n) is 4.38. The van der Waals surface area contributed by atoms with Crippen molar-refractivity contribution in [1.29, 1.82) is 0 Å². The molecule has 7 heteroatoms. The minimum absolute atomic E-state index is 0.319. The van der Waals surface area contributed by atoms with Gasteiger partial charge in [-0.25, -0.2) is 9.97 Å². The van der Waals surface area contributed by atoms with Gasteiger partial charge in [0.05, 0.1) is 26.4 Å². The molecule has 1 aromatic rings. The minimum atomic E-state index is 0.319. The van der Waals surface area contributed by atoms with Crippen molar-refractivity contribution in [2.75, 3.05) is 58.5 Å². The van der Waals surface area contributed by atoms with Gasteiger partial charge in [0, 0.05) is 45.4 Å². The average molecular weight is 308 g/mol. The topological polar surface area (TPSA) is 60.0 Å². The Kier molecular flexibility index (Phi) is 5.07. The second-order valence-corrected chi connectivity index (χ2v) is 5.73. The third-order valence-corrected chi connectivity index (χ3v) is 4.38. The number of rotatable bonds is 6. The number of aromatic nitrogens is 2. The minimum Gasteiger partial charge on any atom is -0.481 e. The van der Waals surface area contributed by atoms with Crippen molar-refractivity contribution in [3.63, 3.8) is 0 Å². The first-order valence-electron chi connectivity index (χ1n) is 7.75. The summed E-state index contributed by atoms with van der Waals surface area (Å²) in [5.41, 5.74) is 0. The van der Waals surface area contributed by atoms with Gasteiger partial charge >= 0.3 is 0 Å². The Morgan fingerprint density at radius 3 is 2.91 bits per heavy atom. The highest BCUT2D eigenvalue weighted by Crippen LogP contribution is 2.27. The van der Waals surface area contributed by atoms with Gasteiger partial charge in [-0.3, -0.25) is 4.90 Å². The van der Waals surface area contributed by atoms with Crippen LogP contribution in [-0.2, 0) is 9.47 Å². The number of fused-ring (bicyclic) bond motifs is 1. The Morgan fingerprint density at radius 1 is 1.18 bits per heavy atom. The van der Waals surface area contributed by atoms with Crippen molar-refractivity contribution in [2.45, 2.75) is 18.6 Å². The second-order valence-electron chi connectivity index (χ2n) is 5.73. The maximum atomic E-state index is 5.88. The molecule has 0 radical (unpaired) electrons. The van der Waals surface area contributed by atoms with Crippen molar-refractivity contribution < 1.29 is 14.2 Å². The maximum Gasteiger partial charge on any atom is 0.218 e. The van der Waals surface area contributed by atoms with E-state index in [2.05, 4.69) is 19.8 Å². The van der Waals surface area contributed by atoms with E-state index in [-0.39, 0.29) is 0 Å². The lowest BCUT2D eigenvalue weighted by Crippen LogP contribution is -2.50. The molecule has 0 unspecified atom stereocenters. The van der Waals surface area contributed by atoms with Crippen LogP contribution in [0.3, 0.4) is 0 Å². The Labute approximate surface area is 131 Å². The van der Waals surface area contributed by atoms with E-state index in [1.807, 2.05) is 6.07 Å². The first-order valence-corrected chi connectivity index (χ1v) is 7.75. The number of hydrogen-bond donors (Lipinski definition) is 0. The zero-order valence-electron chi connectivity index (χ0n) is 13.3. The summed E-state index contributed by atoms with van der Waals surface area (Å²) in [5, 5.41) is 0. The fourth-order valence-electron chi connectivity index (χ4n) is 3.24. The summed E-state index contributed by atoms with van der Waals surface area (Å²) in [5.74, 6) is 1.55. The highest BCUT2D eigenvalue weighted by Gasteiger charge is 2.36. The van der Waals surface area contributed by atoms with Crippen LogP contribution >= 0.6 is 0 Å². The standard InChI is InChI=1S/C15H24N4O3/c1-20-5-6-22-13-7-12-9-19(4-3-18(12)10-13)14-8-15(21-2)17-11-16-14/h8,11-13H,3-7,9-10H2,1-2H3/t12-,13+/m0/s1. The number of nitrogens with zero attached hydrogens (tertiary/aromatic N) is 4. The summed E-state index contributed by atoms with van der Waals surface area (Å²) < 4.78 is 16.1. The number of ether oxygens (including phenoxy) is 3. The van der Waals surface area contributed by atoms with Crippen molar-refractivity contribution in [1.82, 2.24) is 14.9 Å². The van der Waals surface area contributed by atoms with E-state index in [4.69, 9.17) is 14.2 Å². The molecule has 122 valence electrons. The molecule has 2 saturated heterocycles. The summed E-state index contributed by atoms with van der Waals surface area (Å²) >= 11 is 0. The molecular weight excluding hydrogens is 284 g/mol. The van der Waals surface area contributed by atoms with Crippen molar-refractivity contribution in [3.05, 3.63) is 12.4 Å². The summed E-state index contributed by atoms with van der Waals surface area (Å²) in [6.07, 6.45) is 2.95. The van der Waals surface area contributed by atoms with E-state index in [0.29, 0.717) is 31.2 Å². The summed E-state index contributed by atoms with van der Waals surface area (Å²) in [6, 6.07) is 2.43. The normalized spacial score (nSPS) is 25.3. The highest BCUT2D eigenvalue weighted by molar-refractivity contribution is 5.41. The van der Waals surface area contributed by atoms with Crippen molar-refractivity contribution >= 4 is 5.82 Å². The van der Waals surface area contributed by atoms with Crippen molar-refractivity contribution in [3.8, 4) is 5.88 Å². The predicted molar refractivity (Wildman–Crippen MR) is 82.4 cm³/mol. The van der Waals surface area contributed by atoms with E-state index in [9.17, 15) is 0 Å². The van der Waals surface area contributed by atoms with Crippen LogP contribution in [0.1, 0.15) is 6.42 Å². The first-order chi connectivity index (χ1) is 10.8. The molecule has 0 amide bonds. The number of methoxy groups -OCH3 is 2. The lowest BCUT2D eigenvalue weighted by Gasteiger charge is -2.37. The number of piperazine rings is 1. The zero-order valence-corrected chi connectivity index (χ0v) is 13.3. The molecule has 0 aliphatic carbocycles. The lowest BCUT2D eigenvalue weighted by molar-refractivity contribution is 0.0224. The van der Waals surface area contributed by atoms with E-state index < -0.39 is 0 Å². The van der Waals surface area contributed by atoms with Crippen LogP contribution in [0, 0.1) is 0 Å². The molecule has 0 spiro atoms. The van der Waals surface area contributed by atoms with Gasteiger partial charge in [-0.1, -0.05) is 0 Å². The van der Waals surface area contributed by atoms with Crippen LogP contribution < -0.4 is 9.64 Å². The summed E-state index contributed by atoms with van der Waals surface area (Å²) in [7, 11) is 3.33. The third kappa shape index (κ3) is 3.48. The van der Waals surface area contributed by atoms with Gasteiger partial charge in [-0.05, 0) is 6.42 Å². The largest absolute Gasteiger partial charge is 0.481 e. The molecule has 2 aliphatic heterocycles. The second kappa shape index (κ2) is 7.21. The van der Waals surface area contributed by atoms with E-state index in [0.717, 1.165) is 38.4 Å². The molecule has 22 heavy (non-hydrogen) atoms. The van der Waals surface area contributed by atoms with Gasteiger partial charge < -0.3 is 19.1 Å². The van der Waals surface area contributed by atoms with Crippen LogP contribution in [0.4, 0.5) is 5.82 Å². The SMILES string of the molecule is COCCO[C@@H]1C[C@H]2CN(c3cc(OC)ncn3)CCN2C1. The van der Waals surface area contributed by atoms with Gasteiger partial charge in [0.1, 0.15) is 12.1 Å². The van der Waals surface area contributed by atoms with Crippen LogP contribution in [0.25, 0.3) is 0 Å². The molecule has 0 N–H and O–H groups in total. The summed E-state index contributed by atoms with van der Waals surface area (Å²) in [4.78, 5) is 13.3. The molecule has 2 fully saturated rings. The van der Waals surface area contributed by atoms with E-state index in [1.54, 1.807) is 20.5 Å². The van der Waals surface area contributed by atoms with Gasteiger partial charge in [0.25, 0.3) is 0 Å². The van der Waals surface area contributed by atoms with Gasteiger partial charge in [-0.15, -0.1) is 0 Å². The van der Waals surface area contributed by atoms with Crippen LogP contribution in [-0.4, -0.2) is 80.6 Å². The van der Waals surface area contributed by atoms with Crippen LogP contribution in [0.5, 0.6) is 5.88 Å². The fraction of sp³-hybridized carbons (Fsp3) is 0.733. The molecule has 0 saturated carbocycles. The molecule has 0 bridgehead atoms. The Balaban J connectivity index is 1.57. The Morgan fingerprint density at radius 2 is 2.09 bits per heavy atom. The van der Waals surface area contributed by atoms with E-state index >= 15 is 0 Å². The van der Waals surface area contributed by atoms with Gasteiger partial charge in [0.15, 0.2) is 0 Å². The van der Waals surface area contributed by atoms with Crippen molar-refractivity contribution in [2.24, 2.45) is 0 Å². The quantitative estimate of drug-likeness (QED) is 0.705. The molecule has 7 nitrogen and oxygen atoms in total. The zero-order chi connectivity index (χ0) is 15.4. The smallest absolute Gasteiger partial charge is 0.218 e. The first kappa shape index (κ1) is 15.5. The lowest BCUT2D eigenvalue weighted by atomic mass is 10.1. The Hall–Kier alpha value is -1.44. The summed E-state index contributed by atoms with van der Waals surface area (Å²) in [6.45, 7) is 5.35. The maximum absolute atomic E-state index is 5.88. The number of anilines is 1. The van der Waals surface area contributed by atoms with Crippen LogP contribution in [0.2, 0.25) is 0 Å².